The van der Waals surface area contributed by atoms with Gasteiger partial charge >= 0.3 is 5.97 Å². The zero-order valence-corrected chi connectivity index (χ0v) is 42.5. The van der Waals surface area contributed by atoms with Crippen LogP contribution in [0.2, 0.25) is 0 Å². The van der Waals surface area contributed by atoms with E-state index in [0.717, 1.165) is 16.7 Å². The SMILES string of the molecule is Cc1c(C(=O)O)c(C(=Cc2ccccc2)C(=O)C=Cc2ccccc2)c(C(=Cc2ccccc2)C(=O)C=Cc2ccccc2)c(N2CCOCC2)c1C(=Cc1ccccc1)C(=O)C=Cc1ccccc1.[Pd].[Pd]. The number of ketones is 3. The molecule has 1 fully saturated rings. The quantitative estimate of drug-likeness (QED) is 0.0551. The zero-order chi connectivity index (χ0) is 48.7. The first-order valence-corrected chi connectivity index (χ1v) is 23.2. The van der Waals surface area contributed by atoms with Crippen LogP contribution in [0.1, 0.15) is 66.0 Å². The van der Waals surface area contributed by atoms with E-state index >= 15 is 14.4 Å². The fraction of sp³-hybridized carbons (Fsp3) is 0.0794. The number of carboxylic acids is 1. The van der Waals surface area contributed by atoms with Gasteiger partial charge in [0.15, 0.2) is 17.3 Å². The van der Waals surface area contributed by atoms with Gasteiger partial charge in [-0.05, 0) is 82.3 Å². The van der Waals surface area contributed by atoms with E-state index in [1.807, 2.05) is 182 Å². The first kappa shape index (κ1) is 53.9. The molecule has 0 saturated carbocycles. The van der Waals surface area contributed by atoms with Crippen molar-refractivity contribution in [3.05, 3.63) is 261 Å². The van der Waals surface area contributed by atoms with E-state index in [1.54, 1.807) is 43.4 Å². The standard InChI is InChI=1S/C63H51NO6.2Pd/c1-45-58(52(42-49-26-14-5-15-27-49)55(65)35-32-46-20-8-2-9-21-46)62(64-38-40-70-41-39-64)61(54(44-51-30-18-7-19-31-51)57(67)37-34-48-24-12-4-13-25-48)60(59(45)63(68)69)53(43-50-28-16-6-17-29-50)56(66)36-33-47-22-10-3-11-23-47;;/h2-37,42-44H,38-41H2,1H3,(H,68,69);;. The van der Waals surface area contributed by atoms with Crippen molar-refractivity contribution in [2.75, 3.05) is 31.2 Å². The average Bonchev–Trinajstić information content (AvgIpc) is 3.40. The van der Waals surface area contributed by atoms with Crippen LogP contribution in [-0.2, 0) is 60.0 Å². The van der Waals surface area contributed by atoms with Gasteiger partial charge in [-0.2, -0.15) is 0 Å². The maximum absolute atomic E-state index is 15.5. The Kier molecular flexibility index (Phi) is 20.0. The Labute approximate surface area is 448 Å². The van der Waals surface area contributed by atoms with Gasteiger partial charge in [-0.1, -0.05) is 200 Å². The van der Waals surface area contributed by atoms with Gasteiger partial charge in [0.2, 0.25) is 0 Å². The minimum Gasteiger partial charge on any atom is -0.478 e. The van der Waals surface area contributed by atoms with E-state index < -0.39 is 23.3 Å². The van der Waals surface area contributed by atoms with Crippen molar-refractivity contribution in [2.24, 2.45) is 0 Å². The molecule has 7 aromatic carbocycles. The van der Waals surface area contributed by atoms with Crippen LogP contribution in [0.25, 0.3) is 53.2 Å². The Morgan fingerprint density at radius 3 is 1.03 bits per heavy atom. The van der Waals surface area contributed by atoms with Crippen LogP contribution in [0.4, 0.5) is 5.69 Å². The van der Waals surface area contributed by atoms with Crippen molar-refractivity contribution in [1.82, 2.24) is 0 Å². The van der Waals surface area contributed by atoms with Gasteiger partial charge in [0, 0.05) is 87.3 Å². The van der Waals surface area contributed by atoms with Gasteiger partial charge in [-0.15, -0.1) is 0 Å². The van der Waals surface area contributed by atoms with Crippen LogP contribution in [0, 0.1) is 6.92 Å². The third-order valence-electron chi connectivity index (χ3n) is 11.9. The molecular weight excluding hydrogens is 1080 g/mol. The molecule has 7 nitrogen and oxygen atoms in total. The van der Waals surface area contributed by atoms with Crippen LogP contribution < -0.4 is 4.90 Å². The van der Waals surface area contributed by atoms with Crippen LogP contribution in [0.3, 0.4) is 0 Å². The molecule has 0 bridgehead atoms. The van der Waals surface area contributed by atoms with E-state index in [0.29, 0.717) is 54.2 Å². The summed E-state index contributed by atoms with van der Waals surface area (Å²) in [6.45, 7) is 2.94. The van der Waals surface area contributed by atoms with Crippen LogP contribution in [0.15, 0.2) is 200 Å². The average molecular weight is 1130 g/mol. The second-order valence-corrected chi connectivity index (χ2v) is 16.6. The van der Waals surface area contributed by atoms with E-state index in [4.69, 9.17) is 4.74 Å². The molecule has 0 aromatic heterocycles. The van der Waals surface area contributed by atoms with Gasteiger partial charge in [0.1, 0.15) is 0 Å². The van der Waals surface area contributed by atoms with Crippen molar-refractivity contribution < 1.29 is 69.9 Å². The van der Waals surface area contributed by atoms with Crippen molar-refractivity contribution in [3.8, 4) is 0 Å². The Bertz CT molecular complexity index is 3180. The van der Waals surface area contributed by atoms with Gasteiger partial charge in [0.25, 0.3) is 0 Å². The van der Waals surface area contributed by atoms with Crippen molar-refractivity contribution in [2.45, 2.75) is 6.92 Å². The van der Waals surface area contributed by atoms with Crippen molar-refractivity contribution >= 4 is 82.2 Å². The predicted molar refractivity (Wildman–Crippen MR) is 286 cm³/mol. The molecular formula is C63H51NO6Pd2. The van der Waals surface area contributed by atoms with E-state index in [-0.39, 0.29) is 79.8 Å². The van der Waals surface area contributed by atoms with E-state index in [1.165, 1.54) is 18.2 Å². The molecule has 9 heteroatoms. The summed E-state index contributed by atoms with van der Waals surface area (Å²) in [5.74, 6) is -2.69. The van der Waals surface area contributed by atoms with Gasteiger partial charge in [-0.25, -0.2) is 4.79 Å². The number of nitrogens with zero attached hydrogens (tertiary/aromatic N) is 1. The molecule has 8 rings (SSSR count). The second kappa shape index (κ2) is 26.7. The summed E-state index contributed by atoms with van der Waals surface area (Å²) >= 11 is 0. The first-order chi connectivity index (χ1) is 34.2. The monoisotopic (exact) mass is 1130 g/mol. The predicted octanol–water partition coefficient (Wildman–Crippen LogP) is 13.0. The summed E-state index contributed by atoms with van der Waals surface area (Å²) in [5, 5.41) is 11.8. The van der Waals surface area contributed by atoms with Crippen LogP contribution in [0.5, 0.6) is 0 Å². The van der Waals surface area contributed by atoms with E-state index in [2.05, 4.69) is 4.90 Å². The number of allylic oxidation sites excluding steroid dienone is 6. The molecule has 72 heavy (non-hydrogen) atoms. The largest absolute Gasteiger partial charge is 0.478 e. The number of carboxylic acid groups (broad SMARTS) is 1. The van der Waals surface area contributed by atoms with Crippen LogP contribution >= 0.6 is 0 Å². The molecule has 0 amide bonds. The second-order valence-electron chi connectivity index (χ2n) is 16.6. The number of hydrogen-bond donors (Lipinski definition) is 1. The first-order valence-electron chi connectivity index (χ1n) is 23.2. The maximum Gasteiger partial charge on any atom is 0.336 e. The third kappa shape index (κ3) is 13.7. The fourth-order valence-electron chi connectivity index (χ4n) is 8.51. The number of carbonyl (C=O) groups excluding carboxylic acids is 3. The molecule has 7 aromatic rings. The van der Waals surface area contributed by atoms with Crippen molar-refractivity contribution in [1.29, 1.82) is 0 Å². The summed E-state index contributed by atoms with van der Waals surface area (Å²) in [6.07, 6.45) is 14.7. The normalized spacial score (nSPS) is 13.2. The summed E-state index contributed by atoms with van der Waals surface area (Å²) in [7, 11) is 0. The zero-order valence-electron chi connectivity index (χ0n) is 39.4. The number of rotatable bonds is 17. The van der Waals surface area contributed by atoms with Crippen LogP contribution in [-0.4, -0.2) is 54.7 Å². The number of benzene rings is 7. The smallest absolute Gasteiger partial charge is 0.336 e. The molecule has 1 aliphatic rings. The molecule has 1 N–H and O–H groups in total. The minimum absolute atomic E-state index is 0. The topological polar surface area (TPSA) is 101 Å². The third-order valence-corrected chi connectivity index (χ3v) is 11.9. The Morgan fingerprint density at radius 1 is 0.417 bits per heavy atom. The summed E-state index contributed by atoms with van der Waals surface area (Å²) in [5.41, 5.74) is 5.63. The number of carbonyl (C=O) groups is 4. The molecule has 1 heterocycles. The van der Waals surface area contributed by atoms with Gasteiger partial charge in [-0.3, -0.25) is 14.4 Å². The van der Waals surface area contributed by atoms with Crippen molar-refractivity contribution in [3.63, 3.8) is 0 Å². The fourth-order valence-corrected chi connectivity index (χ4v) is 8.51. The summed E-state index contributed by atoms with van der Waals surface area (Å²) < 4.78 is 5.95. The van der Waals surface area contributed by atoms with E-state index in [9.17, 15) is 9.90 Å². The molecule has 0 unspecified atom stereocenters. The number of morpholine rings is 1. The molecule has 1 saturated heterocycles. The summed E-state index contributed by atoms with van der Waals surface area (Å²) in [4.78, 5) is 62.6. The Morgan fingerprint density at radius 2 is 0.708 bits per heavy atom. The summed E-state index contributed by atoms with van der Waals surface area (Å²) in [6, 6.07) is 56.2. The maximum atomic E-state index is 15.5. The number of ether oxygens (including phenoxy) is 1. The van der Waals surface area contributed by atoms with Gasteiger partial charge < -0.3 is 14.7 Å². The number of anilines is 1. The molecule has 364 valence electrons. The molecule has 1 aliphatic heterocycles. The number of aromatic carboxylic acids is 1. The van der Waals surface area contributed by atoms with Gasteiger partial charge in [0.05, 0.1) is 24.5 Å². The Balaban J connectivity index is 0.00000423. The molecule has 0 spiro atoms. The molecule has 0 aliphatic carbocycles. The number of hydrogen-bond acceptors (Lipinski definition) is 6. The minimum atomic E-state index is -1.35. The molecule has 0 radical (unpaired) electrons. The Hall–Kier alpha value is -7.46. The molecule has 0 atom stereocenters.